The Bertz CT molecular complexity index is 645. The van der Waals surface area contributed by atoms with Gasteiger partial charge in [-0.25, -0.2) is 13.1 Å². The van der Waals surface area contributed by atoms with Crippen molar-refractivity contribution in [3.63, 3.8) is 0 Å². The fraction of sp³-hybridized carbons (Fsp3) is 0.562. The second kappa shape index (κ2) is 7.90. The summed E-state index contributed by atoms with van der Waals surface area (Å²) in [6, 6.07) is 7.67. The van der Waals surface area contributed by atoms with Gasteiger partial charge in [-0.2, -0.15) is 0 Å². The molecule has 0 radical (unpaired) electrons. The van der Waals surface area contributed by atoms with Crippen molar-refractivity contribution in [2.24, 2.45) is 0 Å². The lowest BCUT2D eigenvalue weighted by Gasteiger charge is -2.33. The number of anilines is 1. The highest BCUT2D eigenvalue weighted by molar-refractivity contribution is 7.89. The number of carbonyl (C=O) groups excluding carboxylic acids is 1. The molecule has 1 aromatic rings. The van der Waals surface area contributed by atoms with Gasteiger partial charge in [0.25, 0.3) is 5.91 Å². The molecule has 1 N–H and O–H groups in total. The minimum Gasteiger partial charge on any atom is -0.365 e. The number of rotatable bonds is 7. The van der Waals surface area contributed by atoms with Gasteiger partial charge in [0, 0.05) is 12.2 Å². The number of ether oxygens (including phenoxy) is 1. The third kappa shape index (κ3) is 5.30. The van der Waals surface area contributed by atoms with E-state index in [1.807, 2.05) is 38.1 Å². The number of unbranched alkanes of at least 4 members (excludes halogenated alkanes) is 1. The normalized spacial score (nSPS) is 19.1. The number of hydrogen-bond donors (Lipinski definition) is 1. The van der Waals surface area contributed by atoms with Crippen LogP contribution < -0.4 is 9.62 Å². The molecular formula is C16H24N2O4S. The van der Waals surface area contributed by atoms with Gasteiger partial charge in [0.05, 0.1) is 18.4 Å². The number of sulfonamides is 1. The lowest BCUT2D eigenvalue weighted by Crippen LogP contribution is -2.50. The fourth-order valence-electron chi connectivity index (χ4n) is 2.42. The van der Waals surface area contributed by atoms with Crippen LogP contribution in [0.3, 0.4) is 0 Å². The summed E-state index contributed by atoms with van der Waals surface area (Å²) in [5, 5.41) is 0. The number of nitrogens with one attached hydrogen (secondary N) is 1. The SMILES string of the molecule is CCCCS(=O)(=O)NCC1CN(c2cccc(C)c2)C(=O)CO1. The largest absolute Gasteiger partial charge is 0.365 e. The predicted molar refractivity (Wildman–Crippen MR) is 90.0 cm³/mol. The number of aryl methyl sites for hydroxylation is 1. The van der Waals surface area contributed by atoms with E-state index in [4.69, 9.17) is 4.74 Å². The van der Waals surface area contributed by atoms with Gasteiger partial charge < -0.3 is 9.64 Å². The average Bonchev–Trinajstić information content (AvgIpc) is 2.52. The van der Waals surface area contributed by atoms with Crippen LogP contribution in [0.2, 0.25) is 0 Å². The molecule has 0 spiro atoms. The summed E-state index contributed by atoms with van der Waals surface area (Å²) in [5.41, 5.74) is 1.88. The molecular weight excluding hydrogens is 316 g/mol. The van der Waals surface area contributed by atoms with Crippen molar-refractivity contribution in [3.8, 4) is 0 Å². The van der Waals surface area contributed by atoms with Crippen LogP contribution in [0, 0.1) is 6.92 Å². The number of amides is 1. The van der Waals surface area contributed by atoms with Crippen molar-refractivity contribution in [2.75, 3.05) is 30.3 Å². The van der Waals surface area contributed by atoms with Crippen LogP contribution in [0.25, 0.3) is 0 Å². The van der Waals surface area contributed by atoms with Crippen LogP contribution in [-0.2, 0) is 19.6 Å². The van der Waals surface area contributed by atoms with Gasteiger partial charge in [-0.05, 0) is 31.0 Å². The minimum absolute atomic E-state index is 0.0324. The van der Waals surface area contributed by atoms with E-state index < -0.39 is 10.0 Å². The van der Waals surface area contributed by atoms with Gasteiger partial charge >= 0.3 is 0 Å². The molecule has 7 heteroatoms. The highest BCUT2D eigenvalue weighted by Gasteiger charge is 2.28. The van der Waals surface area contributed by atoms with E-state index in [-0.39, 0.29) is 30.9 Å². The molecule has 1 amide bonds. The van der Waals surface area contributed by atoms with Crippen molar-refractivity contribution in [2.45, 2.75) is 32.8 Å². The first-order valence-corrected chi connectivity index (χ1v) is 9.52. The van der Waals surface area contributed by atoms with E-state index in [9.17, 15) is 13.2 Å². The minimum atomic E-state index is -3.28. The lowest BCUT2D eigenvalue weighted by molar-refractivity contribution is -0.129. The Morgan fingerprint density at radius 1 is 1.39 bits per heavy atom. The molecule has 6 nitrogen and oxygen atoms in total. The molecule has 0 bridgehead atoms. The van der Waals surface area contributed by atoms with E-state index in [1.165, 1.54) is 0 Å². The average molecular weight is 340 g/mol. The van der Waals surface area contributed by atoms with Crippen LogP contribution in [0.5, 0.6) is 0 Å². The van der Waals surface area contributed by atoms with E-state index >= 15 is 0 Å². The van der Waals surface area contributed by atoms with E-state index in [1.54, 1.807) is 4.90 Å². The first-order valence-electron chi connectivity index (χ1n) is 7.87. The number of hydrogen-bond acceptors (Lipinski definition) is 4. The Morgan fingerprint density at radius 3 is 2.87 bits per heavy atom. The Hall–Kier alpha value is -1.44. The first kappa shape index (κ1) is 17.9. The summed E-state index contributed by atoms with van der Waals surface area (Å²) >= 11 is 0. The van der Waals surface area contributed by atoms with Gasteiger partial charge in [0.2, 0.25) is 10.0 Å². The van der Waals surface area contributed by atoms with Crippen molar-refractivity contribution in [1.82, 2.24) is 4.72 Å². The molecule has 128 valence electrons. The quantitative estimate of drug-likeness (QED) is 0.815. The predicted octanol–water partition coefficient (Wildman–Crippen LogP) is 1.45. The highest BCUT2D eigenvalue weighted by Crippen LogP contribution is 2.19. The Labute approximate surface area is 137 Å². The first-order chi connectivity index (χ1) is 10.9. The maximum atomic E-state index is 12.1. The van der Waals surface area contributed by atoms with Crippen molar-refractivity contribution < 1.29 is 17.9 Å². The maximum absolute atomic E-state index is 12.1. The molecule has 1 heterocycles. The topological polar surface area (TPSA) is 75.7 Å². The molecule has 1 aliphatic heterocycles. The van der Waals surface area contributed by atoms with E-state index in [0.29, 0.717) is 13.0 Å². The van der Waals surface area contributed by atoms with Gasteiger partial charge in [0.1, 0.15) is 6.61 Å². The third-order valence-corrected chi connectivity index (χ3v) is 5.17. The number of morpholine rings is 1. The van der Waals surface area contributed by atoms with Crippen LogP contribution in [0.1, 0.15) is 25.3 Å². The van der Waals surface area contributed by atoms with Gasteiger partial charge in [-0.1, -0.05) is 25.5 Å². The second-order valence-corrected chi connectivity index (χ2v) is 7.72. The lowest BCUT2D eigenvalue weighted by atomic mass is 10.2. The molecule has 1 unspecified atom stereocenters. The van der Waals surface area contributed by atoms with Crippen molar-refractivity contribution in [1.29, 1.82) is 0 Å². The maximum Gasteiger partial charge on any atom is 0.253 e. The number of benzene rings is 1. The summed E-state index contributed by atoms with van der Waals surface area (Å²) in [4.78, 5) is 13.7. The molecule has 1 saturated heterocycles. The van der Waals surface area contributed by atoms with Gasteiger partial charge in [0.15, 0.2) is 0 Å². The monoisotopic (exact) mass is 340 g/mol. The summed E-state index contributed by atoms with van der Waals surface area (Å²) in [6.45, 7) is 4.41. The zero-order chi connectivity index (χ0) is 16.9. The molecule has 1 aliphatic rings. The molecule has 2 rings (SSSR count). The summed E-state index contributed by atoms with van der Waals surface area (Å²) in [5.74, 6) is 0.0113. The Morgan fingerprint density at radius 2 is 2.17 bits per heavy atom. The Balaban J connectivity index is 1.96. The summed E-state index contributed by atoms with van der Waals surface area (Å²) in [6.07, 6.45) is 1.12. The molecule has 23 heavy (non-hydrogen) atoms. The Kier molecular flexibility index (Phi) is 6.15. The second-order valence-electron chi connectivity index (χ2n) is 5.80. The van der Waals surface area contributed by atoms with E-state index in [0.717, 1.165) is 17.7 Å². The van der Waals surface area contributed by atoms with Crippen molar-refractivity contribution >= 4 is 21.6 Å². The molecule has 1 atom stereocenters. The zero-order valence-corrected chi connectivity index (χ0v) is 14.4. The standard InChI is InChI=1S/C16H24N2O4S/c1-3-4-8-23(20,21)17-10-15-11-18(16(19)12-22-15)14-7-5-6-13(2)9-14/h5-7,9,15,17H,3-4,8,10-12H2,1-2H3. The molecule has 0 aromatic heterocycles. The molecule has 1 aromatic carbocycles. The van der Waals surface area contributed by atoms with Gasteiger partial charge in [-0.3, -0.25) is 4.79 Å². The fourth-order valence-corrected chi connectivity index (χ4v) is 3.67. The van der Waals surface area contributed by atoms with E-state index in [2.05, 4.69) is 4.72 Å². The highest BCUT2D eigenvalue weighted by atomic mass is 32.2. The molecule has 0 saturated carbocycles. The van der Waals surface area contributed by atoms with Crippen LogP contribution >= 0.6 is 0 Å². The molecule has 1 fully saturated rings. The van der Waals surface area contributed by atoms with Gasteiger partial charge in [-0.15, -0.1) is 0 Å². The number of carbonyl (C=O) groups is 1. The van der Waals surface area contributed by atoms with Crippen LogP contribution in [0.4, 0.5) is 5.69 Å². The zero-order valence-electron chi connectivity index (χ0n) is 13.6. The summed E-state index contributed by atoms with van der Waals surface area (Å²) in [7, 11) is -3.28. The van der Waals surface area contributed by atoms with Crippen LogP contribution in [0.15, 0.2) is 24.3 Å². The van der Waals surface area contributed by atoms with Crippen LogP contribution in [-0.4, -0.2) is 45.9 Å². The smallest absolute Gasteiger partial charge is 0.253 e. The number of nitrogens with zero attached hydrogens (tertiary/aromatic N) is 1. The summed E-state index contributed by atoms with van der Waals surface area (Å²) < 4.78 is 31.7. The molecule has 0 aliphatic carbocycles. The third-order valence-electron chi connectivity index (χ3n) is 3.74. The van der Waals surface area contributed by atoms with Crippen molar-refractivity contribution in [3.05, 3.63) is 29.8 Å².